The Morgan fingerprint density at radius 2 is 1.90 bits per heavy atom. The molecule has 31 heavy (non-hydrogen) atoms. The molecule has 2 heterocycles. The number of carbonyl (C=O) groups excluding carboxylic acids is 2. The van der Waals surface area contributed by atoms with Crippen molar-refractivity contribution in [2.45, 2.75) is 25.4 Å². The van der Waals surface area contributed by atoms with Crippen molar-refractivity contribution in [2.24, 2.45) is 0 Å². The summed E-state index contributed by atoms with van der Waals surface area (Å²) in [5.74, 6) is -1.44. The highest BCUT2D eigenvalue weighted by Crippen LogP contribution is 2.26. The largest absolute Gasteiger partial charge is 0.478 e. The van der Waals surface area contributed by atoms with Crippen LogP contribution in [-0.2, 0) is 24.2 Å². The van der Waals surface area contributed by atoms with Gasteiger partial charge in [-0.2, -0.15) is 0 Å². The van der Waals surface area contributed by atoms with Crippen LogP contribution in [0, 0.1) is 0 Å². The SMILES string of the molecule is O=C(O)c1ccc(CN2C(=O)c3ccc(Cl)cc3CC(=O)C2Cc2cnccn2)cc1. The molecule has 1 amide bonds. The number of hydrogen-bond donors (Lipinski definition) is 1. The molecule has 1 aromatic heterocycles. The monoisotopic (exact) mass is 435 g/mol. The molecule has 1 N–H and O–H groups in total. The van der Waals surface area contributed by atoms with Crippen LogP contribution in [0.25, 0.3) is 0 Å². The topological polar surface area (TPSA) is 100 Å². The molecule has 4 rings (SSSR count). The van der Waals surface area contributed by atoms with E-state index in [0.29, 0.717) is 27.4 Å². The Morgan fingerprint density at radius 3 is 2.58 bits per heavy atom. The Hall–Kier alpha value is -3.58. The molecular formula is C23H18ClN3O4. The van der Waals surface area contributed by atoms with Gasteiger partial charge in [0.1, 0.15) is 0 Å². The lowest BCUT2D eigenvalue weighted by Crippen LogP contribution is -2.45. The summed E-state index contributed by atoms with van der Waals surface area (Å²) in [5, 5.41) is 9.58. The molecule has 8 heteroatoms. The van der Waals surface area contributed by atoms with Gasteiger partial charge >= 0.3 is 5.97 Å². The van der Waals surface area contributed by atoms with Crippen molar-refractivity contribution < 1.29 is 19.5 Å². The van der Waals surface area contributed by atoms with Crippen molar-refractivity contribution in [2.75, 3.05) is 0 Å². The maximum atomic E-state index is 13.5. The molecule has 0 fully saturated rings. The van der Waals surface area contributed by atoms with Gasteiger partial charge in [-0.3, -0.25) is 19.6 Å². The maximum absolute atomic E-state index is 13.5. The number of fused-ring (bicyclic) bond motifs is 1. The first kappa shape index (κ1) is 20.7. The fourth-order valence-electron chi connectivity index (χ4n) is 3.68. The second kappa shape index (κ2) is 8.65. The molecule has 0 bridgehead atoms. The van der Waals surface area contributed by atoms with E-state index in [1.54, 1.807) is 48.9 Å². The third kappa shape index (κ3) is 4.46. The molecule has 2 aromatic carbocycles. The van der Waals surface area contributed by atoms with Gasteiger partial charge in [0, 0.05) is 48.6 Å². The lowest BCUT2D eigenvalue weighted by atomic mass is 9.99. The molecule has 156 valence electrons. The number of halogens is 1. The summed E-state index contributed by atoms with van der Waals surface area (Å²) in [6, 6.07) is 10.4. The molecule has 1 unspecified atom stereocenters. The summed E-state index contributed by atoms with van der Waals surface area (Å²) in [6.07, 6.45) is 4.98. The number of rotatable bonds is 5. The Bertz CT molecular complexity index is 1150. The van der Waals surface area contributed by atoms with Crippen LogP contribution in [-0.4, -0.2) is 43.7 Å². The van der Waals surface area contributed by atoms with Gasteiger partial charge < -0.3 is 10.0 Å². The van der Waals surface area contributed by atoms with E-state index >= 15 is 0 Å². The van der Waals surface area contributed by atoms with E-state index in [2.05, 4.69) is 9.97 Å². The van der Waals surface area contributed by atoms with Gasteiger partial charge in [0.25, 0.3) is 5.91 Å². The predicted octanol–water partition coefficient (Wildman–Crippen LogP) is 3.21. The zero-order chi connectivity index (χ0) is 22.0. The minimum Gasteiger partial charge on any atom is -0.478 e. The molecule has 0 aliphatic carbocycles. The first-order valence-electron chi connectivity index (χ1n) is 9.61. The highest BCUT2D eigenvalue weighted by atomic mass is 35.5. The third-order valence-corrected chi connectivity index (χ3v) is 5.48. The summed E-state index contributed by atoms with van der Waals surface area (Å²) in [5.41, 5.74) is 2.49. The number of benzene rings is 2. The summed E-state index contributed by atoms with van der Waals surface area (Å²) in [7, 11) is 0. The van der Waals surface area contributed by atoms with Gasteiger partial charge in [-0.05, 0) is 41.5 Å². The van der Waals surface area contributed by atoms with Gasteiger partial charge in [-0.25, -0.2) is 4.79 Å². The van der Waals surface area contributed by atoms with E-state index in [9.17, 15) is 14.4 Å². The summed E-state index contributed by atoms with van der Waals surface area (Å²) in [4.78, 5) is 47.7. The van der Waals surface area contributed by atoms with Crippen LogP contribution in [0.5, 0.6) is 0 Å². The number of aromatic nitrogens is 2. The molecule has 0 saturated heterocycles. The first-order valence-corrected chi connectivity index (χ1v) is 9.99. The second-order valence-corrected chi connectivity index (χ2v) is 7.73. The van der Waals surface area contributed by atoms with Crippen molar-refractivity contribution in [1.82, 2.24) is 14.9 Å². The second-order valence-electron chi connectivity index (χ2n) is 7.30. The number of Topliss-reactive ketones (excluding diaryl/α,β-unsaturated/α-hetero) is 1. The Kier molecular flexibility index (Phi) is 5.77. The molecule has 3 aromatic rings. The van der Waals surface area contributed by atoms with Gasteiger partial charge in [0.15, 0.2) is 5.78 Å². The molecule has 0 spiro atoms. The highest BCUT2D eigenvalue weighted by Gasteiger charge is 2.35. The molecular weight excluding hydrogens is 418 g/mol. The van der Waals surface area contributed by atoms with Crippen LogP contribution in [0.4, 0.5) is 0 Å². The summed E-state index contributed by atoms with van der Waals surface area (Å²) in [6.45, 7) is 0.150. The number of aromatic carboxylic acids is 1. The van der Waals surface area contributed by atoms with E-state index in [0.717, 1.165) is 0 Å². The minimum absolute atomic E-state index is 0.0843. The van der Waals surface area contributed by atoms with E-state index in [4.69, 9.17) is 16.7 Å². The van der Waals surface area contributed by atoms with E-state index in [-0.39, 0.29) is 36.6 Å². The number of nitrogens with zero attached hydrogens (tertiary/aromatic N) is 3. The molecule has 0 saturated carbocycles. The zero-order valence-electron chi connectivity index (χ0n) is 16.4. The Morgan fingerprint density at radius 1 is 1.13 bits per heavy atom. The fourth-order valence-corrected chi connectivity index (χ4v) is 3.88. The summed E-state index contributed by atoms with van der Waals surface area (Å²) >= 11 is 6.10. The lowest BCUT2D eigenvalue weighted by Gasteiger charge is -2.29. The molecule has 7 nitrogen and oxygen atoms in total. The quantitative estimate of drug-likeness (QED) is 0.660. The van der Waals surface area contributed by atoms with Crippen LogP contribution in [0.2, 0.25) is 5.02 Å². The fraction of sp³-hybridized carbons (Fsp3) is 0.174. The van der Waals surface area contributed by atoms with Crippen LogP contribution < -0.4 is 0 Å². The van der Waals surface area contributed by atoms with Gasteiger partial charge in [0.05, 0.1) is 17.3 Å². The molecule has 0 radical (unpaired) electrons. The van der Waals surface area contributed by atoms with E-state index < -0.39 is 12.0 Å². The lowest BCUT2D eigenvalue weighted by molar-refractivity contribution is -0.122. The van der Waals surface area contributed by atoms with Crippen LogP contribution in [0.15, 0.2) is 61.1 Å². The summed E-state index contributed by atoms with van der Waals surface area (Å²) < 4.78 is 0. The highest BCUT2D eigenvalue weighted by molar-refractivity contribution is 6.30. The molecule has 1 aliphatic rings. The van der Waals surface area contributed by atoms with E-state index in [1.807, 2.05) is 0 Å². The number of ketones is 1. The van der Waals surface area contributed by atoms with E-state index in [1.165, 1.54) is 17.0 Å². The Balaban J connectivity index is 1.73. The van der Waals surface area contributed by atoms with Crippen LogP contribution in [0.1, 0.15) is 37.5 Å². The van der Waals surface area contributed by atoms with Gasteiger partial charge in [0.2, 0.25) is 0 Å². The van der Waals surface area contributed by atoms with Crippen LogP contribution >= 0.6 is 11.6 Å². The van der Waals surface area contributed by atoms with Crippen molar-refractivity contribution in [3.8, 4) is 0 Å². The normalized spacial score (nSPS) is 16.0. The maximum Gasteiger partial charge on any atom is 0.335 e. The van der Waals surface area contributed by atoms with Crippen molar-refractivity contribution in [3.05, 3.63) is 94.0 Å². The number of carboxylic acid groups (broad SMARTS) is 1. The van der Waals surface area contributed by atoms with Crippen molar-refractivity contribution in [1.29, 1.82) is 0 Å². The average Bonchev–Trinajstić information content (AvgIpc) is 2.85. The smallest absolute Gasteiger partial charge is 0.335 e. The predicted molar refractivity (Wildman–Crippen MR) is 113 cm³/mol. The third-order valence-electron chi connectivity index (χ3n) is 5.24. The Labute approximate surface area is 183 Å². The van der Waals surface area contributed by atoms with Crippen LogP contribution in [0.3, 0.4) is 0 Å². The van der Waals surface area contributed by atoms with Crippen molar-refractivity contribution in [3.63, 3.8) is 0 Å². The van der Waals surface area contributed by atoms with Gasteiger partial charge in [-0.1, -0.05) is 23.7 Å². The molecule has 1 atom stereocenters. The average molecular weight is 436 g/mol. The minimum atomic E-state index is -1.03. The zero-order valence-corrected chi connectivity index (χ0v) is 17.1. The first-order chi connectivity index (χ1) is 14.9. The van der Waals surface area contributed by atoms with Gasteiger partial charge in [-0.15, -0.1) is 0 Å². The number of hydrogen-bond acceptors (Lipinski definition) is 5. The van der Waals surface area contributed by atoms with Crippen molar-refractivity contribution >= 4 is 29.3 Å². The number of carboxylic acids is 1. The molecule has 1 aliphatic heterocycles. The standard InChI is InChI=1S/C23H18ClN3O4/c24-17-5-6-19-16(9-17)10-21(28)20(11-18-12-25-7-8-26-18)27(22(19)29)13-14-1-3-15(4-2-14)23(30)31/h1-9,12,20H,10-11,13H2,(H,30,31). The number of carbonyl (C=O) groups is 3. The number of amides is 1.